The molecule has 2 saturated heterocycles. The zero-order chi connectivity index (χ0) is 16.4. The van der Waals surface area contributed by atoms with Crippen molar-refractivity contribution in [3.8, 4) is 0 Å². The van der Waals surface area contributed by atoms with Crippen LogP contribution in [-0.2, 0) is 4.79 Å². The lowest BCUT2D eigenvalue weighted by atomic mass is 10.0. The van der Waals surface area contributed by atoms with Crippen LogP contribution in [0, 0.1) is 11.6 Å². The van der Waals surface area contributed by atoms with Crippen LogP contribution < -0.4 is 5.32 Å². The van der Waals surface area contributed by atoms with E-state index in [-0.39, 0.29) is 36.4 Å². The van der Waals surface area contributed by atoms with Gasteiger partial charge >= 0.3 is 0 Å². The normalized spacial score (nSPS) is 23.7. The molecule has 6 heteroatoms. The van der Waals surface area contributed by atoms with Crippen LogP contribution in [0.25, 0.3) is 0 Å². The average molecular weight is 322 g/mol. The summed E-state index contributed by atoms with van der Waals surface area (Å²) in [6.45, 7) is 1.70. The van der Waals surface area contributed by atoms with Crippen LogP contribution in [-0.4, -0.2) is 41.8 Å². The van der Waals surface area contributed by atoms with Crippen molar-refractivity contribution in [2.75, 3.05) is 13.1 Å². The molecule has 23 heavy (non-hydrogen) atoms. The lowest BCUT2D eigenvalue weighted by molar-refractivity contribution is -0.133. The van der Waals surface area contributed by atoms with Crippen LogP contribution in [0.3, 0.4) is 0 Å². The van der Waals surface area contributed by atoms with Gasteiger partial charge in [-0.3, -0.25) is 9.59 Å². The van der Waals surface area contributed by atoms with Crippen molar-refractivity contribution in [2.45, 2.75) is 44.2 Å². The number of carbonyl (C=O) groups is 2. The van der Waals surface area contributed by atoms with Crippen LogP contribution in [0.5, 0.6) is 0 Å². The molecule has 0 radical (unpaired) electrons. The fourth-order valence-corrected chi connectivity index (χ4v) is 3.59. The van der Waals surface area contributed by atoms with Gasteiger partial charge in [0.1, 0.15) is 11.6 Å². The number of rotatable bonds is 4. The first-order chi connectivity index (χ1) is 11.1. The van der Waals surface area contributed by atoms with Gasteiger partial charge in [0, 0.05) is 37.5 Å². The number of carbonyl (C=O) groups excluding carboxylic acids is 2. The Hall–Kier alpha value is -1.82. The maximum Gasteiger partial charge on any atom is 0.223 e. The number of ketones is 1. The zero-order valence-corrected chi connectivity index (χ0v) is 12.9. The molecule has 1 aromatic carbocycles. The molecule has 1 N–H and O–H groups in total. The van der Waals surface area contributed by atoms with Crippen molar-refractivity contribution in [2.24, 2.45) is 0 Å². The Kier molecular flexibility index (Phi) is 4.71. The van der Waals surface area contributed by atoms with Crippen molar-refractivity contribution >= 4 is 11.7 Å². The van der Waals surface area contributed by atoms with E-state index in [9.17, 15) is 18.4 Å². The standard InChI is InChI=1S/C17H20F2N2O2/c18-11-1-4-14(15(19)9-11)16(22)5-6-17(23)21-12-2-3-13(21)10-20-8-7-12/h1,4,9,12-13,20H,2-3,5-8,10H2. The highest BCUT2D eigenvalue weighted by atomic mass is 19.1. The molecule has 2 heterocycles. The molecular formula is C17H20F2N2O2. The summed E-state index contributed by atoms with van der Waals surface area (Å²) in [4.78, 5) is 26.5. The van der Waals surface area contributed by atoms with Gasteiger partial charge in [-0.15, -0.1) is 0 Å². The van der Waals surface area contributed by atoms with E-state index < -0.39 is 17.4 Å². The molecule has 1 amide bonds. The highest BCUT2D eigenvalue weighted by molar-refractivity contribution is 5.98. The number of nitrogens with one attached hydrogen (secondary N) is 1. The number of hydrogen-bond acceptors (Lipinski definition) is 3. The topological polar surface area (TPSA) is 49.4 Å². The Balaban J connectivity index is 1.61. The Bertz CT molecular complexity index is 607. The zero-order valence-electron chi connectivity index (χ0n) is 12.9. The first kappa shape index (κ1) is 16.1. The van der Waals surface area contributed by atoms with Crippen LogP contribution in [0.15, 0.2) is 18.2 Å². The van der Waals surface area contributed by atoms with E-state index in [0.29, 0.717) is 6.07 Å². The number of hydrogen-bond donors (Lipinski definition) is 1. The number of fused-ring (bicyclic) bond motifs is 2. The predicted octanol–water partition coefficient (Wildman–Crippen LogP) is 2.28. The van der Waals surface area contributed by atoms with Crippen LogP contribution in [0.2, 0.25) is 0 Å². The molecule has 1 aromatic rings. The predicted molar refractivity (Wildman–Crippen MR) is 81.1 cm³/mol. The number of benzene rings is 1. The third-order valence-electron chi connectivity index (χ3n) is 4.74. The third kappa shape index (κ3) is 3.42. The molecule has 2 aliphatic heterocycles. The van der Waals surface area contributed by atoms with E-state index in [1.165, 1.54) is 0 Å². The Morgan fingerprint density at radius 2 is 1.91 bits per heavy atom. The van der Waals surface area contributed by atoms with Gasteiger partial charge in [0.15, 0.2) is 5.78 Å². The van der Waals surface area contributed by atoms with Gasteiger partial charge in [0.25, 0.3) is 0 Å². The molecule has 0 saturated carbocycles. The minimum Gasteiger partial charge on any atom is -0.335 e. The molecule has 3 rings (SSSR count). The largest absolute Gasteiger partial charge is 0.335 e. The molecule has 2 bridgehead atoms. The summed E-state index contributed by atoms with van der Waals surface area (Å²) in [5.74, 6) is -2.10. The van der Waals surface area contributed by atoms with Gasteiger partial charge in [0.2, 0.25) is 5.91 Å². The molecule has 2 aliphatic rings. The van der Waals surface area contributed by atoms with E-state index in [4.69, 9.17) is 0 Å². The van der Waals surface area contributed by atoms with Crippen LogP contribution in [0.4, 0.5) is 8.78 Å². The highest BCUT2D eigenvalue weighted by Crippen LogP contribution is 2.29. The van der Waals surface area contributed by atoms with Crippen LogP contribution in [0.1, 0.15) is 42.5 Å². The second-order valence-electron chi connectivity index (χ2n) is 6.23. The van der Waals surface area contributed by atoms with E-state index in [1.807, 2.05) is 4.90 Å². The molecule has 2 fully saturated rings. The van der Waals surface area contributed by atoms with Gasteiger partial charge < -0.3 is 10.2 Å². The molecule has 0 aliphatic carbocycles. The van der Waals surface area contributed by atoms with Gasteiger partial charge in [-0.2, -0.15) is 0 Å². The van der Waals surface area contributed by atoms with Crippen molar-refractivity contribution in [3.05, 3.63) is 35.4 Å². The molecule has 0 aromatic heterocycles. The maximum atomic E-state index is 13.6. The summed E-state index contributed by atoms with van der Waals surface area (Å²) in [6.07, 6.45) is 2.96. The maximum absolute atomic E-state index is 13.6. The number of Topliss-reactive ketones (excluding diaryl/α,β-unsaturated/α-hetero) is 1. The Labute approximate surface area is 133 Å². The molecule has 4 nitrogen and oxygen atoms in total. The van der Waals surface area contributed by atoms with Gasteiger partial charge in [0.05, 0.1) is 5.56 Å². The Morgan fingerprint density at radius 1 is 1.13 bits per heavy atom. The summed E-state index contributed by atoms with van der Waals surface area (Å²) in [5.41, 5.74) is -0.153. The SMILES string of the molecule is O=C(CCC(=O)N1C2CCNCC1CC2)c1ccc(F)cc1F. The molecule has 124 valence electrons. The van der Waals surface area contributed by atoms with Crippen molar-refractivity contribution in [1.29, 1.82) is 0 Å². The minimum absolute atomic E-state index is 0.0444. The lowest BCUT2D eigenvalue weighted by Gasteiger charge is -2.27. The fourth-order valence-electron chi connectivity index (χ4n) is 3.59. The van der Waals surface area contributed by atoms with E-state index in [1.54, 1.807) is 0 Å². The number of halogens is 2. The van der Waals surface area contributed by atoms with E-state index in [2.05, 4.69) is 5.32 Å². The molecule has 2 atom stereocenters. The van der Waals surface area contributed by atoms with Crippen molar-refractivity contribution < 1.29 is 18.4 Å². The summed E-state index contributed by atoms with van der Waals surface area (Å²) in [6, 6.07) is 3.33. The second kappa shape index (κ2) is 6.74. The summed E-state index contributed by atoms with van der Waals surface area (Å²) in [5, 5.41) is 3.32. The molecule has 2 unspecified atom stereocenters. The van der Waals surface area contributed by atoms with Crippen molar-refractivity contribution in [3.63, 3.8) is 0 Å². The second-order valence-corrected chi connectivity index (χ2v) is 6.23. The third-order valence-corrected chi connectivity index (χ3v) is 4.74. The quantitative estimate of drug-likeness (QED) is 0.865. The summed E-state index contributed by atoms with van der Waals surface area (Å²) < 4.78 is 26.5. The molecular weight excluding hydrogens is 302 g/mol. The average Bonchev–Trinajstić information content (AvgIpc) is 2.77. The smallest absolute Gasteiger partial charge is 0.223 e. The monoisotopic (exact) mass is 322 g/mol. The highest BCUT2D eigenvalue weighted by Gasteiger charge is 2.37. The van der Waals surface area contributed by atoms with Gasteiger partial charge in [-0.1, -0.05) is 0 Å². The van der Waals surface area contributed by atoms with E-state index >= 15 is 0 Å². The molecule has 0 spiro atoms. The summed E-state index contributed by atoms with van der Waals surface area (Å²) >= 11 is 0. The van der Waals surface area contributed by atoms with E-state index in [0.717, 1.165) is 44.5 Å². The fraction of sp³-hybridized carbons (Fsp3) is 0.529. The van der Waals surface area contributed by atoms with Crippen molar-refractivity contribution in [1.82, 2.24) is 10.2 Å². The van der Waals surface area contributed by atoms with Gasteiger partial charge in [-0.25, -0.2) is 8.78 Å². The first-order valence-corrected chi connectivity index (χ1v) is 8.06. The van der Waals surface area contributed by atoms with Gasteiger partial charge in [-0.05, 0) is 37.9 Å². The Morgan fingerprint density at radius 3 is 2.70 bits per heavy atom. The number of nitrogens with zero attached hydrogens (tertiary/aromatic N) is 1. The first-order valence-electron chi connectivity index (χ1n) is 8.06. The van der Waals surface area contributed by atoms with Crippen LogP contribution >= 0.6 is 0 Å². The number of amides is 1. The lowest BCUT2D eigenvalue weighted by Crippen LogP contribution is -2.42. The summed E-state index contributed by atoms with van der Waals surface area (Å²) in [7, 11) is 0. The minimum atomic E-state index is -0.874.